The Kier molecular flexibility index (Phi) is 6.99. The number of aromatic nitrogens is 4. The molecular weight excluding hydrogens is 489 g/mol. The van der Waals surface area contributed by atoms with Gasteiger partial charge in [0.2, 0.25) is 0 Å². The van der Waals surface area contributed by atoms with Crippen molar-refractivity contribution < 1.29 is 27.8 Å². The van der Waals surface area contributed by atoms with E-state index < -0.39 is 34.7 Å². The van der Waals surface area contributed by atoms with Crippen molar-refractivity contribution in [3.8, 4) is 11.3 Å². The topological polar surface area (TPSA) is 105 Å². The highest BCUT2D eigenvalue weighted by Crippen LogP contribution is 2.40. The highest BCUT2D eigenvalue weighted by molar-refractivity contribution is 6.03. The minimum Gasteiger partial charge on any atom is -0.387 e. The summed E-state index contributed by atoms with van der Waals surface area (Å²) in [5.41, 5.74) is -2.34. The normalized spacial score (nSPS) is 18.3. The van der Waals surface area contributed by atoms with Crippen molar-refractivity contribution in [2.75, 3.05) is 30.4 Å². The van der Waals surface area contributed by atoms with Gasteiger partial charge in [-0.05, 0) is 45.4 Å². The first-order chi connectivity index (χ1) is 17.4. The molecule has 1 aliphatic heterocycles. The maximum Gasteiger partial charge on any atom is 0.435 e. The van der Waals surface area contributed by atoms with Gasteiger partial charge in [-0.25, -0.2) is 9.97 Å². The Balaban J connectivity index is 1.63. The number of aryl methyl sites for hydroxylation is 1. The van der Waals surface area contributed by atoms with Crippen LogP contribution in [-0.2, 0) is 17.5 Å². The predicted octanol–water partition coefficient (Wildman–Crippen LogP) is 4.00. The van der Waals surface area contributed by atoms with E-state index in [1.165, 1.54) is 19.2 Å². The van der Waals surface area contributed by atoms with Crippen LogP contribution in [0.4, 0.5) is 24.5 Å². The third kappa shape index (κ3) is 5.30. The van der Waals surface area contributed by atoms with Crippen molar-refractivity contribution in [3.05, 3.63) is 54.2 Å². The van der Waals surface area contributed by atoms with Crippen molar-refractivity contribution >= 4 is 17.3 Å². The van der Waals surface area contributed by atoms with Gasteiger partial charge in [-0.15, -0.1) is 0 Å². The third-order valence-corrected chi connectivity index (χ3v) is 6.73. The van der Waals surface area contributed by atoms with E-state index in [0.29, 0.717) is 36.5 Å². The van der Waals surface area contributed by atoms with E-state index in [0.717, 1.165) is 6.20 Å². The van der Waals surface area contributed by atoms with E-state index in [-0.39, 0.29) is 12.2 Å². The number of amides is 1. The number of nitrogens with one attached hydrogen (secondary N) is 1. The van der Waals surface area contributed by atoms with E-state index in [1.807, 2.05) is 6.92 Å². The Morgan fingerprint density at radius 3 is 2.62 bits per heavy atom. The second-order valence-corrected chi connectivity index (χ2v) is 9.46. The molecule has 1 saturated heterocycles. The molecule has 1 atom stereocenters. The van der Waals surface area contributed by atoms with Gasteiger partial charge >= 0.3 is 6.18 Å². The van der Waals surface area contributed by atoms with E-state index >= 15 is 0 Å². The summed E-state index contributed by atoms with van der Waals surface area (Å²) >= 11 is 0. The molecule has 4 rings (SSSR count). The number of hydrogen-bond acceptors (Lipinski definition) is 7. The predicted molar refractivity (Wildman–Crippen MR) is 131 cm³/mol. The van der Waals surface area contributed by atoms with Crippen molar-refractivity contribution in [1.82, 2.24) is 19.7 Å². The van der Waals surface area contributed by atoms with Gasteiger partial charge in [0.25, 0.3) is 5.91 Å². The number of alkyl halides is 3. The second kappa shape index (κ2) is 9.75. The molecule has 0 aliphatic carbocycles. The maximum absolute atomic E-state index is 13.8. The lowest BCUT2D eigenvalue weighted by Gasteiger charge is -2.39. The number of ether oxygens (including phenoxy) is 1. The molecule has 0 bridgehead atoms. The van der Waals surface area contributed by atoms with E-state index in [9.17, 15) is 23.1 Å². The van der Waals surface area contributed by atoms with Gasteiger partial charge in [-0.2, -0.15) is 18.3 Å². The van der Waals surface area contributed by atoms with Crippen LogP contribution in [0.3, 0.4) is 0 Å². The van der Waals surface area contributed by atoms with Crippen molar-refractivity contribution in [1.29, 1.82) is 0 Å². The third-order valence-electron chi connectivity index (χ3n) is 6.73. The molecule has 0 radical (unpaired) electrons. The average Bonchev–Trinajstić information content (AvgIpc) is 3.51. The van der Waals surface area contributed by atoms with Crippen LogP contribution in [0.25, 0.3) is 11.3 Å². The number of pyridine rings is 2. The summed E-state index contributed by atoms with van der Waals surface area (Å²) in [4.78, 5) is 22.7. The van der Waals surface area contributed by atoms with E-state index in [1.54, 1.807) is 48.0 Å². The Hall–Kier alpha value is -3.51. The SMILES string of the molecule is CCn1cc(-c2cccc(C(=O)Nc3cc(N4CC[C@@](OC)(C(C)(C)O)C4)cnc3C(F)(F)F)n2)cn1. The zero-order chi connectivity index (χ0) is 27.0. The summed E-state index contributed by atoms with van der Waals surface area (Å²) in [6.07, 6.45) is 0.148. The van der Waals surface area contributed by atoms with E-state index in [4.69, 9.17) is 4.74 Å². The highest BCUT2D eigenvalue weighted by Gasteiger charge is 2.49. The molecule has 3 aromatic rings. The fourth-order valence-corrected chi connectivity index (χ4v) is 4.44. The van der Waals surface area contributed by atoms with E-state index in [2.05, 4.69) is 20.4 Å². The zero-order valence-electron chi connectivity index (χ0n) is 21.0. The van der Waals surface area contributed by atoms with Crippen LogP contribution < -0.4 is 10.2 Å². The number of halogens is 3. The fraction of sp³-hybridized carbons (Fsp3) is 0.440. The largest absolute Gasteiger partial charge is 0.435 e. The Labute approximate surface area is 212 Å². The first-order valence-electron chi connectivity index (χ1n) is 11.8. The van der Waals surface area contributed by atoms with Gasteiger partial charge in [0.15, 0.2) is 5.69 Å². The van der Waals surface area contributed by atoms with Gasteiger partial charge in [0.1, 0.15) is 11.3 Å². The summed E-state index contributed by atoms with van der Waals surface area (Å²) in [6.45, 7) is 6.50. The number of anilines is 2. The molecule has 198 valence electrons. The molecule has 1 amide bonds. The molecule has 4 heterocycles. The lowest BCUT2D eigenvalue weighted by atomic mass is 9.85. The maximum atomic E-state index is 13.8. The van der Waals surface area contributed by atoms with Crippen LogP contribution in [0.5, 0.6) is 0 Å². The molecule has 2 N–H and O–H groups in total. The first kappa shape index (κ1) is 26.6. The molecule has 37 heavy (non-hydrogen) atoms. The van der Waals surface area contributed by atoms with Crippen LogP contribution in [0.15, 0.2) is 42.9 Å². The smallest absolute Gasteiger partial charge is 0.387 e. The number of rotatable bonds is 7. The standard InChI is InChI=1S/C25H29F3N6O3/c1-5-34-14-16(12-30-34)18-7-6-8-19(31-18)22(35)32-20-11-17(13-29-21(20)25(26,27)28)33-10-9-24(15-33,37-4)23(2,3)36/h6-8,11-14,36H,5,9-10,15H2,1-4H3,(H,32,35)/t24-/m0/s1. The number of carbonyl (C=O) groups is 1. The highest BCUT2D eigenvalue weighted by atomic mass is 19.4. The fourth-order valence-electron chi connectivity index (χ4n) is 4.44. The Bertz CT molecular complexity index is 1290. The molecule has 0 aromatic carbocycles. The number of aliphatic hydroxyl groups is 1. The molecule has 12 heteroatoms. The molecule has 9 nitrogen and oxygen atoms in total. The average molecular weight is 519 g/mol. The van der Waals surface area contributed by atoms with Crippen molar-refractivity contribution in [3.63, 3.8) is 0 Å². The summed E-state index contributed by atoms with van der Waals surface area (Å²) in [5.74, 6) is -0.807. The van der Waals surface area contributed by atoms with Crippen LogP contribution in [0, 0.1) is 0 Å². The molecule has 1 aliphatic rings. The van der Waals surface area contributed by atoms with Gasteiger partial charge in [-0.1, -0.05) is 6.07 Å². The van der Waals surface area contributed by atoms with Crippen LogP contribution >= 0.6 is 0 Å². The lowest BCUT2D eigenvalue weighted by molar-refractivity contribution is -0.140. The lowest BCUT2D eigenvalue weighted by Crippen LogP contribution is -2.53. The quantitative estimate of drug-likeness (QED) is 0.487. The molecule has 0 saturated carbocycles. The van der Waals surface area contributed by atoms with Gasteiger partial charge in [-0.3, -0.25) is 9.48 Å². The Morgan fingerprint density at radius 2 is 2.03 bits per heavy atom. The molecule has 0 spiro atoms. The molecule has 3 aromatic heterocycles. The zero-order valence-corrected chi connectivity index (χ0v) is 21.0. The van der Waals surface area contributed by atoms with Gasteiger partial charge < -0.3 is 20.1 Å². The first-order valence-corrected chi connectivity index (χ1v) is 11.8. The molecular formula is C25H29F3N6O3. The van der Waals surface area contributed by atoms with Gasteiger partial charge in [0, 0.05) is 38.5 Å². The number of methoxy groups -OCH3 is 1. The summed E-state index contributed by atoms with van der Waals surface area (Å²) in [6, 6.07) is 5.95. The van der Waals surface area contributed by atoms with Crippen LogP contribution in [0.2, 0.25) is 0 Å². The van der Waals surface area contributed by atoms with Gasteiger partial charge in [0.05, 0.1) is 35.1 Å². The minimum absolute atomic E-state index is 0.0538. The summed E-state index contributed by atoms with van der Waals surface area (Å²) in [5, 5.41) is 17.1. The van der Waals surface area contributed by atoms with Crippen molar-refractivity contribution in [2.45, 2.75) is 51.1 Å². The number of carbonyl (C=O) groups excluding carboxylic acids is 1. The van der Waals surface area contributed by atoms with Crippen LogP contribution in [0.1, 0.15) is 43.4 Å². The second-order valence-electron chi connectivity index (χ2n) is 9.46. The number of hydrogen-bond donors (Lipinski definition) is 2. The minimum atomic E-state index is -4.79. The Morgan fingerprint density at radius 1 is 1.27 bits per heavy atom. The number of nitrogens with zero attached hydrogens (tertiary/aromatic N) is 5. The monoisotopic (exact) mass is 518 g/mol. The summed E-state index contributed by atoms with van der Waals surface area (Å²) < 4.78 is 48.6. The summed E-state index contributed by atoms with van der Waals surface area (Å²) in [7, 11) is 1.49. The molecule has 1 fully saturated rings. The van der Waals surface area contributed by atoms with Crippen LogP contribution in [-0.4, -0.2) is 62.2 Å². The van der Waals surface area contributed by atoms with Crippen molar-refractivity contribution in [2.24, 2.45) is 0 Å². The molecule has 0 unspecified atom stereocenters.